The topological polar surface area (TPSA) is 60.2 Å². The number of ether oxygens (including phenoxy) is 2. The van der Waals surface area contributed by atoms with Crippen LogP contribution in [0.3, 0.4) is 0 Å². The van der Waals surface area contributed by atoms with Gasteiger partial charge in [-0.1, -0.05) is 77.7 Å². The van der Waals surface area contributed by atoms with Gasteiger partial charge in [0.05, 0.1) is 6.61 Å². The van der Waals surface area contributed by atoms with Crippen LogP contribution in [0.1, 0.15) is 117 Å². The number of nitrogens with zero attached hydrogens (tertiary/aromatic N) is 2. The minimum absolute atomic E-state index is 0.0435. The Hall–Kier alpha value is -1.65. The smallest absolute Gasteiger partial charge is 0.306 e. The van der Waals surface area contributed by atoms with Crippen molar-refractivity contribution in [3.8, 4) is 0 Å². The fourth-order valence-corrected chi connectivity index (χ4v) is 4.49. The molecule has 0 saturated heterocycles. The lowest BCUT2D eigenvalue weighted by Crippen LogP contribution is -2.29. The fourth-order valence-electron chi connectivity index (χ4n) is 4.49. The van der Waals surface area contributed by atoms with Crippen LogP contribution in [0, 0.1) is 5.92 Å². The molecule has 0 spiro atoms. The lowest BCUT2D eigenvalue weighted by molar-refractivity contribution is -0.151. The van der Waals surface area contributed by atoms with Crippen molar-refractivity contribution in [3.05, 3.63) is 11.6 Å². The molecular formula is C27H46N2O3. The van der Waals surface area contributed by atoms with E-state index in [0.717, 1.165) is 44.2 Å². The number of unbranched alkanes of at least 4 members (excludes halogenated alkanes) is 9. The number of hydrogen-bond donors (Lipinski definition) is 0. The molecule has 0 fully saturated rings. The molecule has 0 N–H and O–H groups in total. The molecule has 0 aromatic heterocycles. The molecule has 2 unspecified atom stereocenters. The molecule has 0 radical (unpaired) electrons. The molecule has 1 aliphatic carbocycles. The molecule has 0 aromatic carbocycles. The van der Waals surface area contributed by atoms with Gasteiger partial charge in [0.2, 0.25) is 5.90 Å². The molecule has 2 rings (SSSR count). The standard InChI is InChI=1S/C27H46N2O3/c1-4-6-8-10-11-12-13-18-25(30)32-22(3)23-16-15-17-24(20-23)26-27(29-21-28-26)31-19-14-9-7-5-2/h17,22-23H,4-16,18-21H2,1-3H3. The van der Waals surface area contributed by atoms with Crippen molar-refractivity contribution in [2.75, 3.05) is 13.3 Å². The second kappa shape index (κ2) is 16.0. The molecule has 182 valence electrons. The zero-order chi connectivity index (χ0) is 23.0. The maximum atomic E-state index is 12.3. The van der Waals surface area contributed by atoms with Crippen LogP contribution in [-0.2, 0) is 14.3 Å². The molecule has 5 heteroatoms. The molecule has 2 atom stereocenters. The third-order valence-corrected chi connectivity index (χ3v) is 6.56. The van der Waals surface area contributed by atoms with Gasteiger partial charge in [0.25, 0.3) is 0 Å². The molecular weight excluding hydrogens is 400 g/mol. The van der Waals surface area contributed by atoms with Gasteiger partial charge >= 0.3 is 5.97 Å². The van der Waals surface area contributed by atoms with E-state index in [4.69, 9.17) is 9.47 Å². The van der Waals surface area contributed by atoms with Crippen molar-refractivity contribution in [2.45, 2.75) is 123 Å². The third-order valence-electron chi connectivity index (χ3n) is 6.56. The zero-order valence-corrected chi connectivity index (χ0v) is 20.9. The van der Waals surface area contributed by atoms with Gasteiger partial charge in [-0.3, -0.25) is 9.79 Å². The summed E-state index contributed by atoms with van der Waals surface area (Å²) in [6, 6.07) is 0. The lowest BCUT2D eigenvalue weighted by Gasteiger charge is -2.28. The Morgan fingerprint density at radius 1 is 1.00 bits per heavy atom. The van der Waals surface area contributed by atoms with E-state index in [2.05, 4.69) is 29.9 Å². The Morgan fingerprint density at radius 2 is 1.69 bits per heavy atom. The average Bonchev–Trinajstić information content (AvgIpc) is 3.27. The van der Waals surface area contributed by atoms with Crippen molar-refractivity contribution in [1.82, 2.24) is 0 Å². The molecule has 0 saturated carbocycles. The molecule has 1 aliphatic heterocycles. The van der Waals surface area contributed by atoms with E-state index >= 15 is 0 Å². The van der Waals surface area contributed by atoms with Crippen LogP contribution in [-0.4, -0.2) is 37.0 Å². The number of carbonyl (C=O) groups excluding carboxylic acids is 1. The van der Waals surface area contributed by atoms with E-state index in [1.54, 1.807) is 0 Å². The second-order valence-electron chi connectivity index (χ2n) is 9.36. The van der Waals surface area contributed by atoms with Crippen molar-refractivity contribution >= 4 is 17.6 Å². The number of aliphatic imine (C=N–C) groups is 2. The number of carbonyl (C=O) groups is 1. The van der Waals surface area contributed by atoms with E-state index in [1.807, 2.05) is 6.92 Å². The summed E-state index contributed by atoms with van der Waals surface area (Å²) in [5, 5.41) is 0. The van der Waals surface area contributed by atoms with Crippen LogP contribution >= 0.6 is 0 Å². The van der Waals surface area contributed by atoms with Gasteiger partial charge in [-0.05, 0) is 44.6 Å². The van der Waals surface area contributed by atoms with Crippen LogP contribution in [0.25, 0.3) is 0 Å². The largest absolute Gasteiger partial charge is 0.476 e. The molecule has 5 nitrogen and oxygen atoms in total. The molecule has 2 aliphatic rings. The zero-order valence-electron chi connectivity index (χ0n) is 20.9. The summed E-state index contributed by atoms with van der Waals surface area (Å²) in [7, 11) is 0. The summed E-state index contributed by atoms with van der Waals surface area (Å²) in [6.45, 7) is 7.67. The van der Waals surface area contributed by atoms with Gasteiger partial charge in [0, 0.05) is 12.3 Å². The first-order valence-electron chi connectivity index (χ1n) is 13.3. The summed E-state index contributed by atoms with van der Waals surface area (Å²) >= 11 is 0. The highest BCUT2D eigenvalue weighted by Gasteiger charge is 2.29. The first-order chi connectivity index (χ1) is 15.7. The van der Waals surface area contributed by atoms with Crippen molar-refractivity contribution in [1.29, 1.82) is 0 Å². The number of hydrogen-bond acceptors (Lipinski definition) is 5. The Morgan fingerprint density at radius 3 is 2.44 bits per heavy atom. The average molecular weight is 447 g/mol. The highest BCUT2D eigenvalue weighted by atomic mass is 16.5. The van der Waals surface area contributed by atoms with Crippen LogP contribution in [0.2, 0.25) is 0 Å². The summed E-state index contributed by atoms with van der Waals surface area (Å²) in [5.41, 5.74) is 2.13. The SMILES string of the molecule is CCCCCCCCCC(=O)OC(C)C1CCC=C(C2=NCN=C2OCCCCCC)C1. The first-order valence-corrected chi connectivity index (χ1v) is 13.3. The van der Waals surface area contributed by atoms with E-state index in [1.165, 1.54) is 56.9 Å². The Kier molecular flexibility index (Phi) is 13.3. The van der Waals surface area contributed by atoms with Crippen LogP contribution < -0.4 is 0 Å². The molecule has 0 aromatic rings. The maximum Gasteiger partial charge on any atom is 0.306 e. The summed E-state index contributed by atoms with van der Waals surface area (Å²) in [4.78, 5) is 21.4. The number of allylic oxidation sites excluding steroid dienone is 1. The predicted octanol–water partition coefficient (Wildman–Crippen LogP) is 7.19. The van der Waals surface area contributed by atoms with Crippen LogP contribution in [0.5, 0.6) is 0 Å². The normalized spacial score (nSPS) is 19.2. The van der Waals surface area contributed by atoms with Crippen molar-refractivity contribution in [3.63, 3.8) is 0 Å². The molecule has 32 heavy (non-hydrogen) atoms. The van der Waals surface area contributed by atoms with Gasteiger partial charge in [0.15, 0.2) is 0 Å². The molecule has 0 amide bonds. The van der Waals surface area contributed by atoms with Gasteiger partial charge in [-0.15, -0.1) is 0 Å². The van der Waals surface area contributed by atoms with Crippen molar-refractivity contribution in [2.24, 2.45) is 15.9 Å². The minimum atomic E-state index is -0.0619. The molecule has 1 heterocycles. The van der Waals surface area contributed by atoms with Crippen LogP contribution in [0.15, 0.2) is 21.6 Å². The maximum absolute atomic E-state index is 12.3. The van der Waals surface area contributed by atoms with Gasteiger partial charge < -0.3 is 9.47 Å². The highest BCUT2D eigenvalue weighted by molar-refractivity contribution is 6.46. The monoisotopic (exact) mass is 446 g/mol. The number of rotatable bonds is 16. The Balaban J connectivity index is 1.69. The second-order valence-corrected chi connectivity index (χ2v) is 9.36. The van der Waals surface area contributed by atoms with Gasteiger partial charge in [-0.2, -0.15) is 0 Å². The Labute approximate surface area is 196 Å². The van der Waals surface area contributed by atoms with Crippen molar-refractivity contribution < 1.29 is 14.3 Å². The quantitative estimate of drug-likeness (QED) is 0.186. The Bertz CT molecular complexity index is 639. The summed E-state index contributed by atoms with van der Waals surface area (Å²) < 4.78 is 11.8. The van der Waals surface area contributed by atoms with E-state index < -0.39 is 0 Å². The first kappa shape index (κ1) is 26.6. The highest BCUT2D eigenvalue weighted by Crippen LogP contribution is 2.30. The molecule has 0 bridgehead atoms. The van der Waals surface area contributed by atoms with Gasteiger partial charge in [-0.25, -0.2) is 4.99 Å². The van der Waals surface area contributed by atoms with E-state index in [-0.39, 0.29) is 12.1 Å². The third kappa shape index (κ3) is 9.87. The number of esters is 1. The summed E-state index contributed by atoms with van der Waals surface area (Å²) in [6.07, 6.45) is 18.9. The van der Waals surface area contributed by atoms with E-state index in [0.29, 0.717) is 31.5 Å². The fraction of sp³-hybridized carbons (Fsp3) is 0.815. The lowest BCUT2D eigenvalue weighted by atomic mass is 9.83. The van der Waals surface area contributed by atoms with Gasteiger partial charge in [0.1, 0.15) is 18.5 Å². The predicted molar refractivity (Wildman–Crippen MR) is 133 cm³/mol. The van der Waals surface area contributed by atoms with Crippen LogP contribution in [0.4, 0.5) is 0 Å². The summed E-state index contributed by atoms with van der Waals surface area (Å²) in [5.74, 6) is 0.997. The minimum Gasteiger partial charge on any atom is -0.476 e. The van der Waals surface area contributed by atoms with E-state index in [9.17, 15) is 4.79 Å².